The van der Waals surface area contributed by atoms with Crippen LogP contribution in [0.1, 0.15) is 10.4 Å². The standard InChI is InChI=1S/C19H19ClN2O3S2/c1-25-18-7-6-16(20)12-19(18)27(23,24)22(10-8-17-5-3-11-26-17)14-15-4-2-9-21-13-15/h2-7,9,11-13H,8,10,14H2,1H3. The molecule has 1 aromatic carbocycles. The van der Waals surface area contributed by atoms with Gasteiger partial charge in [0, 0.05) is 35.4 Å². The van der Waals surface area contributed by atoms with Gasteiger partial charge in [-0.15, -0.1) is 11.3 Å². The van der Waals surface area contributed by atoms with Crippen molar-refractivity contribution in [3.05, 3.63) is 75.7 Å². The van der Waals surface area contributed by atoms with Crippen LogP contribution in [0.25, 0.3) is 0 Å². The summed E-state index contributed by atoms with van der Waals surface area (Å²) in [5.74, 6) is 0.270. The van der Waals surface area contributed by atoms with Crippen molar-refractivity contribution in [1.82, 2.24) is 9.29 Å². The van der Waals surface area contributed by atoms with Crippen molar-refractivity contribution in [2.75, 3.05) is 13.7 Å². The number of rotatable bonds is 8. The Hall–Kier alpha value is -1.93. The molecule has 0 saturated heterocycles. The van der Waals surface area contributed by atoms with Gasteiger partial charge in [-0.25, -0.2) is 8.42 Å². The predicted octanol–water partition coefficient (Wildman–Crippen LogP) is 4.24. The summed E-state index contributed by atoms with van der Waals surface area (Å²) in [5, 5.41) is 2.32. The number of nitrogens with zero attached hydrogens (tertiary/aromatic N) is 2. The first-order chi connectivity index (χ1) is 13.0. The van der Waals surface area contributed by atoms with Gasteiger partial charge in [0.05, 0.1) is 7.11 Å². The van der Waals surface area contributed by atoms with Crippen LogP contribution in [-0.4, -0.2) is 31.4 Å². The lowest BCUT2D eigenvalue weighted by molar-refractivity contribution is 0.387. The number of ether oxygens (including phenoxy) is 1. The molecule has 0 atom stereocenters. The van der Waals surface area contributed by atoms with E-state index in [4.69, 9.17) is 16.3 Å². The fourth-order valence-electron chi connectivity index (χ4n) is 2.66. The number of hydrogen-bond donors (Lipinski definition) is 0. The van der Waals surface area contributed by atoms with E-state index in [0.717, 1.165) is 10.4 Å². The molecule has 142 valence electrons. The van der Waals surface area contributed by atoms with Crippen molar-refractivity contribution in [3.8, 4) is 5.75 Å². The first-order valence-electron chi connectivity index (χ1n) is 8.25. The highest BCUT2D eigenvalue weighted by molar-refractivity contribution is 7.89. The van der Waals surface area contributed by atoms with Crippen LogP contribution in [0.4, 0.5) is 0 Å². The van der Waals surface area contributed by atoms with Gasteiger partial charge in [0.25, 0.3) is 0 Å². The van der Waals surface area contributed by atoms with Gasteiger partial charge in [0.15, 0.2) is 0 Å². The second-order valence-electron chi connectivity index (χ2n) is 5.82. The minimum Gasteiger partial charge on any atom is -0.495 e. The molecular formula is C19H19ClN2O3S2. The van der Waals surface area contributed by atoms with Crippen LogP contribution >= 0.6 is 22.9 Å². The summed E-state index contributed by atoms with van der Waals surface area (Å²) in [4.78, 5) is 5.27. The third-order valence-electron chi connectivity index (χ3n) is 4.01. The summed E-state index contributed by atoms with van der Waals surface area (Å²) in [7, 11) is -2.37. The molecule has 0 bridgehead atoms. The fourth-order valence-corrected chi connectivity index (χ4v) is 5.21. The van der Waals surface area contributed by atoms with E-state index in [0.29, 0.717) is 18.0 Å². The van der Waals surface area contributed by atoms with Crippen molar-refractivity contribution in [2.24, 2.45) is 0 Å². The van der Waals surface area contributed by atoms with E-state index in [1.54, 1.807) is 41.9 Å². The average Bonchev–Trinajstić information content (AvgIpc) is 3.19. The molecule has 0 radical (unpaired) electrons. The number of sulfonamides is 1. The van der Waals surface area contributed by atoms with Crippen LogP contribution in [0.15, 0.2) is 65.1 Å². The zero-order chi connectivity index (χ0) is 19.3. The molecule has 2 aromatic heterocycles. The first kappa shape index (κ1) is 19.8. The molecule has 0 saturated carbocycles. The predicted molar refractivity (Wildman–Crippen MR) is 108 cm³/mol. The zero-order valence-electron chi connectivity index (χ0n) is 14.7. The largest absolute Gasteiger partial charge is 0.495 e. The summed E-state index contributed by atoms with van der Waals surface area (Å²) < 4.78 is 33.5. The molecule has 8 heteroatoms. The third kappa shape index (κ3) is 4.87. The van der Waals surface area contributed by atoms with E-state index in [1.807, 2.05) is 23.6 Å². The Labute approximate surface area is 168 Å². The Morgan fingerprint density at radius 2 is 2.07 bits per heavy atom. The summed E-state index contributed by atoms with van der Waals surface area (Å²) in [6, 6.07) is 12.2. The number of halogens is 1. The number of aromatic nitrogens is 1. The SMILES string of the molecule is COc1ccc(Cl)cc1S(=O)(=O)N(CCc1cccs1)Cc1cccnc1. The molecule has 27 heavy (non-hydrogen) atoms. The van der Waals surface area contributed by atoms with E-state index in [9.17, 15) is 8.42 Å². The van der Waals surface area contributed by atoms with E-state index >= 15 is 0 Å². The highest BCUT2D eigenvalue weighted by Crippen LogP contribution is 2.30. The normalized spacial score (nSPS) is 11.7. The van der Waals surface area contributed by atoms with Crippen LogP contribution < -0.4 is 4.74 Å². The zero-order valence-corrected chi connectivity index (χ0v) is 17.1. The Bertz CT molecular complexity index is 977. The minimum absolute atomic E-state index is 0.0626. The first-order valence-corrected chi connectivity index (χ1v) is 11.0. The van der Waals surface area contributed by atoms with Crippen molar-refractivity contribution in [1.29, 1.82) is 0 Å². The molecule has 3 rings (SSSR count). The number of thiophene rings is 1. The van der Waals surface area contributed by atoms with Crippen LogP contribution in [0, 0.1) is 0 Å². The van der Waals surface area contributed by atoms with Gasteiger partial charge in [0.1, 0.15) is 10.6 Å². The fraction of sp³-hybridized carbons (Fsp3) is 0.211. The molecule has 3 aromatic rings. The maximum absolute atomic E-state index is 13.4. The molecule has 0 fully saturated rings. The Balaban J connectivity index is 1.95. The number of pyridine rings is 1. The number of methoxy groups -OCH3 is 1. The van der Waals surface area contributed by atoms with Crippen LogP contribution in [0.5, 0.6) is 5.75 Å². The smallest absolute Gasteiger partial charge is 0.247 e. The highest BCUT2D eigenvalue weighted by atomic mass is 35.5. The van der Waals surface area contributed by atoms with E-state index in [1.165, 1.54) is 17.5 Å². The Kier molecular flexibility index (Phi) is 6.49. The summed E-state index contributed by atoms with van der Waals surface area (Å²) >= 11 is 7.66. The molecule has 0 N–H and O–H groups in total. The molecule has 0 aliphatic heterocycles. The van der Waals surface area contributed by atoms with Crippen LogP contribution in [0.3, 0.4) is 0 Å². The monoisotopic (exact) mass is 422 g/mol. The number of hydrogen-bond acceptors (Lipinski definition) is 5. The Morgan fingerprint density at radius 1 is 1.22 bits per heavy atom. The third-order valence-corrected chi connectivity index (χ3v) is 7.05. The molecule has 2 heterocycles. The maximum atomic E-state index is 13.4. The lowest BCUT2D eigenvalue weighted by atomic mass is 10.3. The van der Waals surface area contributed by atoms with Gasteiger partial charge in [-0.2, -0.15) is 4.31 Å². The maximum Gasteiger partial charge on any atom is 0.247 e. The highest BCUT2D eigenvalue weighted by Gasteiger charge is 2.28. The molecule has 0 aliphatic carbocycles. The molecule has 0 aliphatic rings. The van der Waals surface area contributed by atoms with Crippen molar-refractivity contribution in [3.63, 3.8) is 0 Å². The van der Waals surface area contributed by atoms with Gasteiger partial charge in [-0.3, -0.25) is 4.98 Å². The van der Waals surface area contributed by atoms with Gasteiger partial charge in [0.2, 0.25) is 10.0 Å². The summed E-state index contributed by atoms with van der Waals surface area (Å²) in [6.45, 7) is 0.560. The second kappa shape index (κ2) is 8.84. The van der Waals surface area contributed by atoms with Gasteiger partial charge >= 0.3 is 0 Å². The summed E-state index contributed by atoms with van der Waals surface area (Å²) in [6.07, 6.45) is 3.96. The van der Waals surface area contributed by atoms with Crippen LogP contribution in [0.2, 0.25) is 5.02 Å². The van der Waals surface area contributed by atoms with Gasteiger partial charge in [-0.05, 0) is 47.7 Å². The average molecular weight is 423 g/mol. The lowest BCUT2D eigenvalue weighted by Gasteiger charge is -2.23. The number of benzene rings is 1. The van der Waals surface area contributed by atoms with Crippen molar-refractivity contribution >= 4 is 33.0 Å². The molecular weight excluding hydrogens is 404 g/mol. The molecule has 5 nitrogen and oxygen atoms in total. The quantitative estimate of drug-likeness (QED) is 0.544. The molecule has 0 spiro atoms. The summed E-state index contributed by atoms with van der Waals surface area (Å²) in [5.41, 5.74) is 0.813. The van der Waals surface area contributed by atoms with E-state index < -0.39 is 10.0 Å². The lowest BCUT2D eigenvalue weighted by Crippen LogP contribution is -2.32. The topological polar surface area (TPSA) is 59.5 Å². The second-order valence-corrected chi connectivity index (χ2v) is 9.20. The van der Waals surface area contributed by atoms with Gasteiger partial charge < -0.3 is 4.74 Å². The molecule has 0 unspecified atom stereocenters. The van der Waals surface area contributed by atoms with Gasteiger partial charge in [-0.1, -0.05) is 23.7 Å². The van der Waals surface area contributed by atoms with E-state index in [-0.39, 0.29) is 17.2 Å². The molecule has 0 amide bonds. The van der Waals surface area contributed by atoms with Crippen molar-refractivity contribution in [2.45, 2.75) is 17.9 Å². The Morgan fingerprint density at radius 3 is 2.74 bits per heavy atom. The van der Waals surface area contributed by atoms with E-state index in [2.05, 4.69) is 4.98 Å². The minimum atomic E-state index is -3.82. The van der Waals surface area contributed by atoms with Crippen LogP contribution in [-0.2, 0) is 23.0 Å². The van der Waals surface area contributed by atoms with Crippen molar-refractivity contribution < 1.29 is 13.2 Å².